The van der Waals surface area contributed by atoms with E-state index in [1.807, 2.05) is 0 Å². The van der Waals surface area contributed by atoms with Crippen LogP contribution in [0.3, 0.4) is 0 Å². The highest BCUT2D eigenvalue weighted by atomic mass is 16.3. The minimum absolute atomic E-state index is 0.172. The topological polar surface area (TPSA) is 36.8 Å². The minimum atomic E-state index is -0.172. The van der Waals surface area contributed by atoms with Crippen LogP contribution in [0.1, 0.15) is 42.5 Å². The van der Waals surface area contributed by atoms with Gasteiger partial charge in [0, 0.05) is 23.0 Å². The molecule has 1 saturated heterocycles. The lowest BCUT2D eigenvalue weighted by molar-refractivity contribution is -0.763. The molecule has 3 N–H and O–H groups in total. The van der Waals surface area contributed by atoms with Gasteiger partial charge >= 0.3 is 0 Å². The first-order chi connectivity index (χ1) is 10.8. The van der Waals surface area contributed by atoms with Gasteiger partial charge < -0.3 is 10.4 Å². The molecule has 2 nitrogen and oxygen atoms in total. The smallest absolute Gasteiger partial charge is 0.117 e. The van der Waals surface area contributed by atoms with Gasteiger partial charge in [-0.3, -0.25) is 0 Å². The Morgan fingerprint density at radius 1 is 0.727 bits per heavy atom. The molecule has 1 aliphatic carbocycles. The molecule has 4 atom stereocenters. The van der Waals surface area contributed by atoms with Crippen LogP contribution >= 0.6 is 0 Å². The molecule has 0 amide bonds. The molecule has 0 radical (unpaired) electrons. The molecule has 2 heteroatoms. The van der Waals surface area contributed by atoms with Crippen LogP contribution in [0.15, 0.2) is 60.7 Å². The van der Waals surface area contributed by atoms with Crippen LogP contribution in [0.2, 0.25) is 0 Å². The molecule has 2 aromatic rings. The van der Waals surface area contributed by atoms with Crippen molar-refractivity contribution >= 4 is 0 Å². The Balaban J connectivity index is 1.71. The third-order valence-electron chi connectivity index (χ3n) is 5.66. The van der Waals surface area contributed by atoms with Crippen LogP contribution in [-0.2, 0) is 0 Å². The summed E-state index contributed by atoms with van der Waals surface area (Å²) in [5.74, 6) is 0.780. The summed E-state index contributed by atoms with van der Waals surface area (Å²) in [7, 11) is 0. The van der Waals surface area contributed by atoms with E-state index in [0.717, 1.165) is 12.8 Å². The van der Waals surface area contributed by atoms with Crippen molar-refractivity contribution in [2.75, 3.05) is 0 Å². The van der Waals surface area contributed by atoms with Crippen LogP contribution in [0.25, 0.3) is 0 Å². The van der Waals surface area contributed by atoms with Crippen LogP contribution in [-0.4, -0.2) is 11.2 Å². The van der Waals surface area contributed by atoms with Gasteiger partial charge in [0.05, 0.1) is 6.10 Å². The van der Waals surface area contributed by atoms with E-state index in [1.165, 1.54) is 17.5 Å². The van der Waals surface area contributed by atoms with E-state index in [0.29, 0.717) is 23.9 Å². The molecule has 114 valence electrons. The number of nitrogens with two attached hydrogens (primary N) is 1. The third kappa shape index (κ3) is 2.37. The zero-order valence-electron chi connectivity index (χ0n) is 12.8. The monoisotopic (exact) mass is 294 g/mol. The van der Waals surface area contributed by atoms with Crippen molar-refractivity contribution in [3.8, 4) is 0 Å². The number of hydrogen-bond acceptors (Lipinski definition) is 1. The average Bonchev–Trinajstić information content (AvgIpc) is 2.57. The zero-order chi connectivity index (χ0) is 14.9. The predicted octanol–water partition coefficient (Wildman–Crippen LogP) is 2.82. The molecule has 1 aliphatic heterocycles. The Hall–Kier alpha value is -1.64. The highest BCUT2D eigenvalue weighted by Crippen LogP contribution is 2.43. The van der Waals surface area contributed by atoms with Gasteiger partial charge in [0.2, 0.25) is 0 Å². The Kier molecular flexibility index (Phi) is 3.73. The fourth-order valence-electron chi connectivity index (χ4n) is 4.61. The van der Waals surface area contributed by atoms with Gasteiger partial charge in [-0.2, -0.15) is 0 Å². The predicted molar refractivity (Wildman–Crippen MR) is 87.1 cm³/mol. The van der Waals surface area contributed by atoms with E-state index in [1.54, 1.807) is 0 Å². The molecule has 2 bridgehead atoms. The van der Waals surface area contributed by atoms with Gasteiger partial charge in [0.1, 0.15) is 12.1 Å². The molecular weight excluding hydrogens is 270 g/mol. The van der Waals surface area contributed by atoms with E-state index >= 15 is 0 Å². The summed E-state index contributed by atoms with van der Waals surface area (Å²) in [6.45, 7) is 0. The first-order valence-electron chi connectivity index (χ1n) is 8.47. The van der Waals surface area contributed by atoms with Crippen molar-refractivity contribution in [1.29, 1.82) is 0 Å². The molecule has 22 heavy (non-hydrogen) atoms. The second-order valence-electron chi connectivity index (χ2n) is 6.81. The molecule has 1 saturated carbocycles. The number of aliphatic hydroxyl groups excluding tert-OH is 1. The van der Waals surface area contributed by atoms with Crippen LogP contribution < -0.4 is 5.32 Å². The van der Waals surface area contributed by atoms with E-state index in [9.17, 15) is 5.11 Å². The molecule has 2 aromatic carbocycles. The lowest BCUT2D eigenvalue weighted by Gasteiger charge is -2.47. The van der Waals surface area contributed by atoms with Crippen LogP contribution in [0.4, 0.5) is 0 Å². The second kappa shape index (κ2) is 5.86. The quantitative estimate of drug-likeness (QED) is 0.878. The number of rotatable bonds is 2. The number of quaternary nitrogens is 1. The highest BCUT2D eigenvalue weighted by molar-refractivity contribution is 5.23. The Morgan fingerprint density at radius 2 is 1.18 bits per heavy atom. The largest absolute Gasteiger partial charge is 0.392 e. The normalized spacial score (nSPS) is 34.3. The Bertz CT molecular complexity index is 559. The van der Waals surface area contributed by atoms with Gasteiger partial charge in [-0.1, -0.05) is 67.1 Å². The van der Waals surface area contributed by atoms with Crippen molar-refractivity contribution in [3.63, 3.8) is 0 Å². The number of hydrogen-bond donors (Lipinski definition) is 2. The summed E-state index contributed by atoms with van der Waals surface area (Å²) >= 11 is 0. The molecule has 0 spiro atoms. The number of piperidine rings is 1. The van der Waals surface area contributed by atoms with Gasteiger partial charge in [-0.05, 0) is 12.8 Å². The van der Waals surface area contributed by atoms with Crippen molar-refractivity contribution < 1.29 is 10.4 Å². The summed E-state index contributed by atoms with van der Waals surface area (Å²) in [5, 5.41) is 13.5. The van der Waals surface area contributed by atoms with Crippen molar-refractivity contribution in [3.05, 3.63) is 71.8 Å². The van der Waals surface area contributed by atoms with Crippen LogP contribution in [0, 0.1) is 11.8 Å². The average molecular weight is 294 g/mol. The van der Waals surface area contributed by atoms with Gasteiger partial charge in [-0.15, -0.1) is 0 Å². The van der Waals surface area contributed by atoms with Crippen molar-refractivity contribution in [1.82, 2.24) is 0 Å². The Labute approximate surface area is 132 Å². The minimum Gasteiger partial charge on any atom is -0.392 e. The lowest BCUT2D eigenvalue weighted by atomic mass is 9.66. The maximum Gasteiger partial charge on any atom is 0.117 e. The number of aliphatic hydroxyl groups is 1. The maximum absolute atomic E-state index is 10.9. The highest BCUT2D eigenvalue weighted by Gasteiger charge is 2.49. The standard InChI is InChI=1S/C20H23NO/c22-20-16-12-7-13-17(20)19(15-10-5-2-6-11-15)21-18(16)14-8-3-1-4-9-14/h1-6,8-11,16-22H,7,12-13H2/p+1/t16-,17-,18+,19+/m1/s1. The summed E-state index contributed by atoms with van der Waals surface area (Å²) in [6.07, 6.45) is 3.37. The summed E-state index contributed by atoms with van der Waals surface area (Å²) in [6, 6.07) is 22.2. The van der Waals surface area contributed by atoms with Crippen LogP contribution in [0.5, 0.6) is 0 Å². The zero-order valence-corrected chi connectivity index (χ0v) is 12.8. The van der Waals surface area contributed by atoms with Gasteiger partial charge in [0.25, 0.3) is 0 Å². The summed E-state index contributed by atoms with van der Waals surface area (Å²) < 4.78 is 0. The van der Waals surface area contributed by atoms with Gasteiger partial charge in [0.15, 0.2) is 0 Å². The first kappa shape index (κ1) is 14.0. The summed E-state index contributed by atoms with van der Waals surface area (Å²) in [4.78, 5) is 0. The lowest BCUT2D eigenvalue weighted by Crippen LogP contribution is -2.92. The third-order valence-corrected chi connectivity index (χ3v) is 5.66. The summed E-state index contributed by atoms with van der Waals surface area (Å²) in [5.41, 5.74) is 2.71. The molecule has 4 rings (SSSR count). The molecular formula is C20H24NO+. The first-order valence-corrected chi connectivity index (χ1v) is 8.47. The number of fused-ring (bicyclic) bond motifs is 2. The maximum atomic E-state index is 10.9. The Morgan fingerprint density at radius 3 is 1.64 bits per heavy atom. The molecule has 1 heterocycles. The fraction of sp³-hybridized carbons (Fsp3) is 0.400. The second-order valence-corrected chi connectivity index (χ2v) is 6.81. The SMILES string of the molecule is OC1[C@@H]2CCC[C@@H]1[C@H](c1ccccc1)[NH2+][C@H]2c1ccccc1. The fourth-order valence-corrected chi connectivity index (χ4v) is 4.61. The molecule has 2 fully saturated rings. The number of benzene rings is 2. The van der Waals surface area contributed by atoms with E-state index in [2.05, 4.69) is 66.0 Å². The molecule has 2 aliphatic rings. The van der Waals surface area contributed by atoms with Crippen molar-refractivity contribution in [2.45, 2.75) is 37.5 Å². The molecule has 0 aromatic heterocycles. The molecule has 0 unspecified atom stereocenters. The van der Waals surface area contributed by atoms with E-state index < -0.39 is 0 Å². The van der Waals surface area contributed by atoms with Gasteiger partial charge in [-0.25, -0.2) is 0 Å². The van der Waals surface area contributed by atoms with E-state index in [4.69, 9.17) is 0 Å². The van der Waals surface area contributed by atoms with Crippen molar-refractivity contribution in [2.24, 2.45) is 11.8 Å². The van der Waals surface area contributed by atoms with E-state index in [-0.39, 0.29) is 6.10 Å².